The Balaban J connectivity index is 4.57. The topological polar surface area (TPSA) is 110 Å². The van der Waals surface area contributed by atoms with Crippen molar-refractivity contribution in [3.05, 3.63) is 31.2 Å². The zero-order valence-corrected chi connectivity index (χ0v) is 33.8. The highest BCUT2D eigenvalue weighted by Gasteiger charge is 2.19. The van der Waals surface area contributed by atoms with E-state index >= 15 is 0 Å². The summed E-state index contributed by atoms with van der Waals surface area (Å²) in [5.41, 5.74) is 0. The van der Waals surface area contributed by atoms with Crippen molar-refractivity contribution in [3.8, 4) is 0 Å². The maximum atomic E-state index is 12.5. The molecule has 0 aromatic heterocycles. The summed E-state index contributed by atoms with van der Waals surface area (Å²) >= 11 is 0. The number of nitrogens with zero attached hydrogens (tertiary/aromatic N) is 1. The fourth-order valence-corrected chi connectivity index (χ4v) is 5.29. The van der Waals surface area contributed by atoms with Crippen molar-refractivity contribution in [3.63, 3.8) is 0 Å². The first-order valence-electron chi connectivity index (χ1n) is 20.5. The number of hydrogen-bond acceptors (Lipinski definition) is 10. The van der Waals surface area contributed by atoms with Gasteiger partial charge in [0.2, 0.25) is 0 Å². The number of hydrogen-bond donors (Lipinski definition) is 0. The predicted molar refractivity (Wildman–Crippen MR) is 209 cm³/mol. The summed E-state index contributed by atoms with van der Waals surface area (Å²) in [6.07, 6.45) is 21.9. The molecule has 0 amide bonds. The Hall–Kier alpha value is -2.43. The van der Waals surface area contributed by atoms with Gasteiger partial charge in [-0.05, 0) is 97.1 Å². The first-order valence-corrected chi connectivity index (χ1v) is 20.5. The third kappa shape index (κ3) is 32.2. The summed E-state index contributed by atoms with van der Waals surface area (Å²) in [5, 5.41) is 0. The first-order chi connectivity index (χ1) is 25.3. The van der Waals surface area contributed by atoms with Gasteiger partial charge in [0.1, 0.15) is 6.10 Å². The number of ether oxygens (including phenoxy) is 6. The van der Waals surface area contributed by atoms with Crippen LogP contribution in [0.25, 0.3) is 0 Å². The van der Waals surface area contributed by atoms with Gasteiger partial charge >= 0.3 is 18.1 Å². The van der Waals surface area contributed by atoms with Crippen LogP contribution in [0.1, 0.15) is 150 Å². The van der Waals surface area contributed by atoms with Crippen LogP contribution in [0.4, 0.5) is 4.79 Å². The molecular weight excluding hydrogens is 662 g/mol. The van der Waals surface area contributed by atoms with Crippen molar-refractivity contribution < 1.29 is 42.8 Å². The number of allylic oxidation sites excluding steroid dienone is 4. The standard InChI is InChI=1S/C42H76NO9/c1-7-12-15-18-20-23-32-47-41(48-33-24-21-19-16-13-8-2)30-29-40(45)51-36-37(6)35-50-39(44)28-27-38(26-22-17-14-9-3)52-42(46)49-34-25-31-43(10-4)11-5/h12-13,15-16,37-38,41H,6-11,14,17-36H2,1-5H3/b15-12-,16-13-. The van der Waals surface area contributed by atoms with Gasteiger partial charge in [-0.1, -0.05) is 78.2 Å². The monoisotopic (exact) mass is 739 g/mol. The molecule has 0 aromatic rings. The highest BCUT2D eigenvalue weighted by molar-refractivity contribution is 5.70. The SMILES string of the molecule is [CH2]C(COC(=O)CCC(CCCCCC)OC(=O)OCCCN(CC)CC)COC(=O)CCC(OCCCC/C=C\CC)OCCCC/C=C\CC. The van der Waals surface area contributed by atoms with Crippen molar-refractivity contribution >= 4 is 18.1 Å². The van der Waals surface area contributed by atoms with Gasteiger partial charge in [-0.2, -0.15) is 0 Å². The predicted octanol–water partition coefficient (Wildman–Crippen LogP) is 9.94. The maximum absolute atomic E-state index is 12.5. The average molecular weight is 739 g/mol. The van der Waals surface area contributed by atoms with E-state index in [0.29, 0.717) is 39.1 Å². The van der Waals surface area contributed by atoms with Crippen molar-refractivity contribution in [1.82, 2.24) is 4.90 Å². The van der Waals surface area contributed by atoms with E-state index in [2.05, 4.69) is 70.7 Å². The molecule has 0 rings (SSSR count). The highest BCUT2D eigenvalue weighted by atomic mass is 16.7. The summed E-state index contributed by atoms with van der Waals surface area (Å²) in [6.45, 7) is 18.9. The average Bonchev–Trinajstić information content (AvgIpc) is 3.14. The largest absolute Gasteiger partial charge is 0.508 e. The Morgan fingerprint density at radius 2 is 1.19 bits per heavy atom. The molecule has 0 aliphatic heterocycles. The number of esters is 2. The van der Waals surface area contributed by atoms with Gasteiger partial charge < -0.3 is 33.3 Å². The van der Waals surface area contributed by atoms with Crippen molar-refractivity contribution in [1.29, 1.82) is 0 Å². The number of carbonyl (C=O) groups is 3. The molecule has 10 heteroatoms. The molecule has 0 fully saturated rings. The zero-order chi connectivity index (χ0) is 38.5. The minimum atomic E-state index is -0.691. The van der Waals surface area contributed by atoms with Crippen molar-refractivity contribution in [2.45, 2.75) is 163 Å². The van der Waals surface area contributed by atoms with Crippen LogP contribution >= 0.6 is 0 Å². The minimum absolute atomic E-state index is 0.0262. The van der Waals surface area contributed by atoms with Crippen LogP contribution in [0.15, 0.2) is 24.3 Å². The second kappa shape index (κ2) is 36.9. The number of rotatable bonds is 36. The molecule has 0 N–H and O–H groups in total. The molecule has 2 unspecified atom stereocenters. The lowest BCUT2D eigenvalue weighted by atomic mass is 10.1. The molecule has 0 aromatic carbocycles. The lowest BCUT2D eigenvalue weighted by molar-refractivity contribution is -0.160. The van der Waals surface area contributed by atoms with Crippen LogP contribution < -0.4 is 0 Å². The summed E-state index contributed by atoms with van der Waals surface area (Å²) in [6, 6.07) is 0. The Bertz CT molecular complexity index is 882. The Morgan fingerprint density at radius 1 is 0.615 bits per heavy atom. The molecular formula is C42H76NO9. The minimum Gasteiger partial charge on any atom is -0.465 e. The van der Waals surface area contributed by atoms with Gasteiger partial charge in [0.25, 0.3) is 0 Å². The normalized spacial score (nSPS) is 12.9. The Labute approximate surface area is 317 Å². The van der Waals surface area contributed by atoms with Crippen LogP contribution in [-0.4, -0.2) is 88.1 Å². The molecule has 10 nitrogen and oxygen atoms in total. The van der Waals surface area contributed by atoms with Crippen LogP contribution in [0.5, 0.6) is 0 Å². The summed E-state index contributed by atoms with van der Waals surface area (Å²) < 4.78 is 33.7. The third-order valence-electron chi connectivity index (χ3n) is 8.53. The smallest absolute Gasteiger partial charge is 0.465 e. The van der Waals surface area contributed by atoms with Gasteiger partial charge in [-0.25, -0.2) is 4.79 Å². The van der Waals surface area contributed by atoms with Gasteiger partial charge in [-0.15, -0.1) is 0 Å². The van der Waals surface area contributed by atoms with E-state index in [1.807, 2.05) is 0 Å². The van der Waals surface area contributed by atoms with Gasteiger partial charge in [0.05, 0.1) is 26.2 Å². The number of carbonyl (C=O) groups excluding carboxylic acids is 3. The second-order valence-corrected chi connectivity index (χ2v) is 13.3. The van der Waals surface area contributed by atoms with Gasteiger partial charge in [0, 0.05) is 38.5 Å². The molecule has 0 aliphatic carbocycles. The molecule has 2 atom stereocenters. The van der Waals surface area contributed by atoms with Crippen LogP contribution in [-0.2, 0) is 38.0 Å². The van der Waals surface area contributed by atoms with Crippen LogP contribution in [0, 0.1) is 12.8 Å². The third-order valence-corrected chi connectivity index (χ3v) is 8.53. The zero-order valence-electron chi connectivity index (χ0n) is 33.8. The molecule has 52 heavy (non-hydrogen) atoms. The van der Waals surface area contributed by atoms with E-state index in [1.54, 1.807) is 0 Å². The highest BCUT2D eigenvalue weighted by Crippen LogP contribution is 2.16. The van der Waals surface area contributed by atoms with E-state index in [-0.39, 0.29) is 32.0 Å². The molecule has 0 aliphatic rings. The van der Waals surface area contributed by atoms with Crippen molar-refractivity contribution in [2.24, 2.45) is 5.92 Å². The van der Waals surface area contributed by atoms with Gasteiger partial charge in [-0.3, -0.25) is 9.59 Å². The summed E-state index contributed by atoms with van der Waals surface area (Å²) in [4.78, 5) is 39.7. The van der Waals surface area contributed by atoms with E-state index in [1.165, 1.54) is 0 Å². The van der Waals surface area contributed by atoms with E-state index < -0.39 is 30.4 Å². The fourth-order valence-electron chi connectivity index (χ4n) is 5.29. The van der Waals surface area contributed by atoms with Gasteiger partial charge in [0.15, 0.2) is 6.29 Å². The van der Waals surface area contributed by atoms with E-state index in [4.69, 9.17) is 28.4 Å². The first kappa shape index (κ1) is 49.6. The molecule has 303 valence electrons. The molecule has 0 spiro atoms. The number of unbranched alkanes of at least 4 members (excludes halogenated alkanes) is 7. The molecule has 1 radical (unpaired) electrons. The fraction of sp³-hybridized carbons (Fsp3) is 0.810. The van der Waals surface area contributed by atoms with E-state index in [0.717, 1.165) is 103 Å². The molecule has 0 saturated heterocycles. The van der Waals surface area contributed by atoms with E-state index in [9.17, 15) is 14.4 Å². The van der Waals surface area contributed by atoms with Crippen molar-refractivity contribution in [2.75, 3.05) is 52.7 Å². The summed E-state index contributed by atoms with van der Waals surface area (Å²) in [7, 11) is 0. The quantitative estimate of drug-likeness (QED) is 0.0203. The summed E-state index contributed by atoms with van der Waals surface area (Å²) in [5.74, 6) is -1.18. The molecule has 0 bridgehead atoms. The lowest BCUT2D eigenvalue weighted by Gasteiger charge is -2.19. The maximum Gasteiger partial charge on any atom is 0.508 e. The van der Waals surface area contributed by atoms with Crippen LogP contribution in [0.2, 0.25) is 0 Å². The molecule has 0 heterocycles. The lowest BCUT2D eigenvalue weighted by Crippen LogP contribution is -2.26. The Morgan fingerprint density at radius 3 is 1.73 bits per heavy atom. The van der Waals surface area contributed by atoms with Crippen LogP contribution in [0.3, 0.4) is 0 Å². The Kier molecular flexibility index (Phi) is 35.2. The second-order valence-electron chi connectivity index (χ2n) is 13.3. The molecule has 0 saturated carbocycles.